The molecular formula is C24H22N2O2. The molecule has 0 N–H and O–H groups in total. The normalized spacial score (nSPS) is 13.9. The van der Waals surface area contributed by atoms with Gasteiger partial charge in [0, 0.05) is 25.7 Å². The minimum absolute atomic E-state index is 0.0868. The van der Waals surface area contributed by atoms with Gasteiger partial charge >= 0.3 is 0 Å². The van der Waals surface area contributed by atoms with E-state index in [1.54, 1.807) is 16.8 Å². The molecule has 1 heterocycles. The van der Waals surface area contributed by atoms with E-state index in [9.17, 15) is 9.59 Å². The second kappa shape index (κ2) is 7.69. The zero-order valence-corrected chi connectivity index (χ0v) is 15.8. The lowest BCUT2D eigenvalue weighted by atomic mass is 10.0. The molecule has 0 saturated carbocycles. The van der Waals surface area contributed by atoms with Crippen molar-refractivity contribution < 1.29 is 9.59 Å². The standard InChI is InChI=1S/C24H22N2O2/c1-25(16-18-10-4-2-5-11-18)24(28)22(19-12-6-3-7-13-19)26-17-20-14-8-9-15-21(20)23(26)27/h2-15,22H,16-17H2,1H3. The Balaban J connectivity index is 1.65. The first kappa shape index (κ1) is 18.0. The van der Waals surface area contributed by atoms with E-state index in [2.05, 4.69) is 0 Å². The van der Waals surface area contributed by atoms with Gasteiger partial charge in [-0.15, -0.1) is 0 Å². The Kier molecular flexibility index (Phi) is 4.94. The average Bonchev–Trinajstić information content (AvgIpc) is 3.06. The van der Waals surface area contributed by atoms with Crippen molar-refractivity contribution in [2.24, 2.45) is 0 Å². The molecule has 4 nitrogen and oxygen atoms in total. The highest BCUT2D eigenvalue weighted by molar-refractivity contribution is 6.01. The van der Waals surface area contributed by atoms with Crippen molar-refractivity contribution in [2.45, 2.75) is 19.1 Å². The second-order valence-corrected chi connectivity index (χ2v) is 7.08. The minimum Gasteiger partial charge on any atom is -0.339 e. The molecule has 0 aromatic heterocycles. The summed E-state index contributed by atoms with van der Waals surface area (Å²) in [5.74, 6) is -0.179. The van der Waals surface area contributed by atoms with Gasteiger partial charge in [-0.25, -0.2) is 0 Å². The summed E-state index contributed by atoms with van der Waals surface area (Å²) >= 11 is 0. The molecule has 140 valence electrons. The van der Waals surface area contributed by atoms with E-state index in [0.717, 1.165) is 16.7 Å². The Hall–Kier alpha value is -3.40. The Morgan fingerprint density at radius 1 is 0.929 bits per heavy atom. The molecule has 0 aliphatic carbocycles. The quantitative estimate of drug-likeness (QED) is 0.680. The molecule has 0 saturated heterocycles. The van der Waals surface area contributed by atoms with Crippen LogP contribution in [0.4, 0.5) is 0 Å². The first-order valence-corrected chi connectivity index (χ1v) is 9.38. The first-order valence-electron chi connectivity index (χ1n) is 9.38. The topological polar surface area (TPSA) is 40.6 Å². The van der Waals surface area contributed by atoms with Gasteiger partial charge in [0.1, 0.15) is 6.04 Å². The molecule has 3 aromatic carbocycles. The molecule has 1 atom stereocenters. The number of hydrogen-bond acceptors (Lipinski definition) is 2. The van der Waals surface area contributed by atoms with Crippen LogP contribution in [0.2, 0.25) is 0 Å². The van der Waals surface area contributed by atoms with Crippen LogP contribution in [0.1, 0.15) is 33.1 Å². The molecule has 1 aliphatic rings. The fourth-order valence-corrected chi connectivity index (χ4v) is 3.72. The van der Waals surface area contributed by atoms with Gasteiger partial charge < -0.3 is 9.80 Å². The van der Waals surface area contributed by atoms with Crippen LogP contribution in [-0.4, -0.2) is 28.7 Å². The van der Waals surface area contributed by atoms with Gasteiger partial charge in [-0.1, -0.05) is 78.9 Å². The smallest absolute Gasteiger partial charge is 0.255 e. The summed E-state index contributed by atoms with van der Waals surface area (Å²) in [6.45, 7) is 0.942. The van der Waals surface area contributed by atoms with Gasteiger partial charge in [0.2, 0.25) is 5.91 Å². The minimum atomic E-state index is -0.644. The maximum Gasteiger partial charge on any atom is 0.255 e. The molecule has 4 heteroatoms. The van der Waals surface area contributed by atoms with Crippen LogP contribution < -0.4 is 0 Å². The Morgan fingerprint density at radius 2 is 1.54 bits per heavy atom. The third-order valence-electron chi connectivity index (χ3n) is 5.15. The van der Waals surface area contributed by atoms with E-state index >= 15 is 0 Å². The summed E-state index contributed by atoms with van der Waals surface area (Å²) in [6, 6.07) is 26.4. The number of benzene rings is 3. The van der Waals surface area contributed by atoms with Crippen molar-refractivity contribution in [3.8, 4) is 0 Å². The zero-order valence-electron chi connectivity index (χ0n) is 15.8. The Labute approximate surface area is 165 Å². The van der Waals surface area contributed by atoms with Gasteiger partial charge in [0.05, 0.1) is 0 Å². The van der Waals surface area contributed by atoms with Crippen LogP contribution in [0.15, 0.2) is 84.9 Å². The summed E-state index contributed by atoms with van der Waals surface area (Å²) in [4.78, 5) is 29.9. The largest absolute Gasteiger partial charge is 0.339 e. The van der Waals surface area contributed by atoms with E-state index in [-0.39, 0.29) is 11.8 Å². The number of likely N-dealkylation sites (N-methyl/N-ethyl adjacent to an activating group) is 1. The van der Waals surface area contributed by atoms with Gasteiger partial charge in [0.25, 0.3) is 5.91 Å². The maximum absolute atomic E-state index is 13.5. The third kappa shape index (κ3) is 3.41. The van der Waals surface area contributed by atoms with E-state index in [0.29, 0.717) is 18.7 Å². The zero-order chi connectivity index (χ0) is 19.5. The fourth-order valence-electron chi connectivity index (χ4n) is 3.72. The summed E-state index contributed by atoms with van der Waals surface area (Å²) in [6.07, 6.45) is 0. The van der Waals surface area contributed by atoms with Gasteiger partial charge in [-0.2, -0.15) is 0 Å². The lowest BCUT2D eigenvalue weighted by Gasteiger charge is -2.31. The van der Waals surface area contributed by atoms with Crippen LogP contribution in [0, 0.1) is 0 Å². The SMILES string of the molecule is CN(Cc1ccccc1)C(=O)C(c1ccccc1)N1Cc2ccccc2C1=O. The molecular weight excluding hydrogens is 348 g/mol. The maximum atomic E-state index is 13.5. The first-order chi connectivity index (χ1) is 13.6. The summed E-state index contributed by atoms with van der Waals surface area (Å²) < 4.78 is 0. The van der Waals surface area contributed by atoms with Crippen LogP contribution >= 0.6 is 0 Å². The van der Waals surface area contributed by atoms with Gasteiger partial charge in [-0.05, 0) is 22.8 Å². The summed E-state index contributed by atoms with van der Waals surface area (Å²) in [5, 5.41) is 0. The van der Waals surface area contributed by atoms with Gasteiger partial charge in [-0.3, -0.25) is 9.59 Å². The molecule has 4 rings (SSSR count). The number of amides is 2. The van der Waals surface area contributed by atoms with Crippen molar-refractivity contribution in [2.75, 3.05) is 7.05 Å². The van der Waals surface area contributed by atoms with Crippen molar-refractivity contribution >= 4 is 11.8 Å². The highest BCUT2D eigenvalue weighted by Gasteiger charge is 2.38. The number of fused-ring (bicyclic) bond motifs is 1. The number of rotatable bonds is 5. The monoisotopic (exact) mass is 370 g/mol. The third-order valence-corrected chi connectivity index (χ3v) is 5.15. The highest BCUT2D eigenvalue weighted by atomic mass is 16.2. The molecule has 3 aromatic rings. The van der Waals surface area contributed by atoms with Crippen molar-refractivity contribution in [1.29, 1.82) is 0 Å². The Bertz CT molecular complexity index is 986. The van der Waals surface area contributed by atoms with Crippen LogP contribution in [0.3, 0.4) is 0 Å². The number of hydrogen-bond donors (Lipinski definition) is 0. The molecule has 0 fully saturated rings. The molecule has 0 bridgehead atoms. The molecule has 0 radical (unpaired) electrons. The lowest BCUT2D eigenvalue weighted by molar-refractivity contribution is -0.135. The van der Waals surface area contributed by atoms with Crippen molar-refractivity contribution in [1.82, 2.24) is 9.80 Å². The van der Waals surface area contributed by atoms with E-state index < -0.39 is 6.04 Å². The van der Waals surface area contributed by atoms with Crippen LogP contribution in [-0.2, 0) is 17.9 Å². The number of carbonyl (C=O) groups is 2. The highest BCUT2D eigenvalue weighted by Crippen LogP contribution is 2.32. The number of carbonyl (C=O) groups excluding carboxylic acids is 2. The average molecular weight is 370 g/mol. The Morgan fingerprint density at radius 3 is 2.21 bits per heavy atom. The molecule has 2 amide bonds. The van der Waals surface area contributed by atoms with Gasteiger partial charge in [0.15, 0.2) is 0 Å². The second-order valence-electron chi connectivity index (χ2n) is 7.08. The predicted octanol–water partition coefficient (Wildman–Crippen LogP) is 4.04. The number of nitrogens with zero attached hydrogens (tertiary/aromatic N) is 2. The van der Waals surface area contributed by atoms with Crippen LogP contribution in [0.25, 0.3) is 0 Å². The molecule has 1 aliphatic heterocycles. The molecule has 0 spiro atoms. The van der Waals surface area contributed by atoms with Crippen molar-refractivity contribution in [3.05, 3.63) is 107 Å². The molecule has 1 unspecified atom stereocenters. The fraction of sp³-hybridized carbons (Fsp3) is 0.167. The summed E-state index contributed by atoms with van der Waals surface area (Å²) in [5.41, 5.74) is 3.53. The predicted molar refractivity (Wildman–Crippen MR) is 108 cm³/mol. The molecule has 28 heavy (non-hydrogen) atoms. The lowest BCUT2D eigenvalue weighted by Crippen LogP contribution is -2.41. The van der Waals surface area contributed by atoms with Crippen molar-refractivity contribution in [3.63, 3.8) is 0 Å². The van der Waals surface area contributed by atoms with Crippen LogP contribution in [0.5, 0.6) is 0 Å². The summed E-state index contributed by atoms with van der Waals surface area (Å²) in [7, 11) is 1.79. The van der Waals surface area contributed by atoms with E-state index in [4.69, 9.17) is 0 Å². The van der Waals surface area contributed by atoms with E-state index in [1.807, 2.05) is 84.9 Å². The van der Waals surface area contributed by atoms with E-state index in [1.165, 1.54) is 0 Å².